The summed E-state index contributed by atoms with van der Waals surface area (Å²) in [7, 11) is 0. The summed E-state index contributed by atoms with van der Waals surface area (Å²) in [6.45, 7) is 8.12. The predicted molar refractivity (Wildman–Crippen MR) is 139 cm³/mol. The SMILES string of the molecule is Cc1nnc(C2(C(C)(C)c3ccc(-n4nc(C(N)=O)cc4C)cc3)C=CC(c3ccccc3)=CC2)o1. The van der Waals surface area contributed by atoms with E-state index in [1.165, 1.54) is 11.1 Å². The lowest BCUT2D eigenvalue weighted by atomic mass is 9.58. The van der Waals surface area contributed by atoms with Gasteiger partial charge in [0.05, 0.1) is 11.1 Å². The third kappa shape index (κ3) is 3.86. The summed E-state index contributed by atoms with van der Waals surface area (Å²) >= 11 is 0. The van der Waals surface area contributed by atoms with Crippen LogP contribution in [0.25, 0.3) is 11.3 Å². The van der Waals surface area contributed by atoms with E-state index in [1.54, 1.807) is 10.7 Å². The van der Waals surface area contributed by atoms with E-state index in [2.05, 4.69) is 71.6 Å². The van der Waals surface area contributed by atoms with Crippen LogP contribution in [0.2, 0.25) is 0 Å². The van der Waals surface area contributed by atoms with E-state index in [0.29, 0.717) is 18.2 Å². The van der Waals surface area contributed by atoms with E-state index in [0.717, 1.165) is 16.9 Å². The Morgan fingerprint density at radius 1 is 1.06 bits per heavy atom. The lowest BCUT2D eigenvalue weighted by Gasteiger charge is -2.44. The molecule has 7 heteroatoms. The fourth-order valence-corrected chi connectivity index (χ4v) is 4.98. The first-order valence-electron chi connectivity index (χ1n) is 11.9. The molecule has 1 aliphatic carbocycles. The molecule has 4 aromatic rings. The Hall–Kier alpha value is -4.26. The number of rotatable bonds is 6. The van der Waals surface area contributed by atoms with Gasteiger partial charge in [-0.1, -0.05) is 74.5 Å². The number of aryl methyl sites for hydroxylation is 2. The number of benzene rings is 2. The highest BCUT2D eigenvalue weighted by Gasteiger charge is 2.49. The Bertz CT molecular complexity index is 1480. The average Bonchev–Trinajstić information content (AvgIpc) is 3.50. The van der Waals surface area contributed by atoms with Crippen molar-refractivity contribution >= 4 is 11.5 Å². The standard InChI is InChI=1S/C29H29N5O2/c1-19-18-25(26(30)35)33-34(19)24-12-10-23(11-13-24)28(3,4)29(27-32-31-20(2)36-27)16-14-22(15-17-29)21-8-6-5-7-9-21/h5-16,18H,17H2,1-4H3,(H2,30,35). The molecule has 1 amide bonds. The first-order chi connectivity index (χ1) is 17.2. The van der Waals surface area contributed by atoms with Gasteiger partial charge in [-0.15, -0.1) is 10.2 Å². The number of carbonyl (C=O) groups is 1. The molecule has 2 N–H and O–H groups in total. The first kappa shape index (κ1) is 23.5. The van der Waals surface area contributed by atoms with Gasteiger partial charge in [0.25, 0.3) is 5.91 Å². The largest absolute Gasteiger partial charge is 0.425 e. The molecule has 7 nitrogen and oxygen atoms in total. The molecule has 1 aliphatic rings. The highest BCUT2D eigenvalue weighted by atomic mass is 16.4. The van der Waals surface area contributed by atoms with E-state index in [-0.39, 0.29) is 5.69 Å². The molecule has 0 aliphatic heterocycles. The summed E-state index contributed by atoms with van der Waals surface area (Å²) in [5.41, 5.74) is 9.89. The number of allylic oxidation sites excluding steroid dienone is 4. The van der Waals surface area contributed by atoms with E-state index in [1.807, 2.05) is 44.2 Å². The average molecular weight is 480 g/mol. The van der Waals surface area contributed by atoms with Crippen LogP contribution in [0.4, 0.5) is 0 Å². The molecular formula is C29H29N5O2. The molecule has 2 aromatic heterocycles. The van der Waals surface area contributed by atoms with Gasteiger partial charge in [-0.2, -0.15) is 5.10 Å². The molecule has 5 rings (SSSR count). The smallest absolute Gasteiger partial charge is 0.269 e. The zero-order valence-corrected chi connectivity index (χ0v) is 20.9. The number of carbonyl (C=O) groups excluding carboxylic acids is 1. The molecule has 1 unspecified atom stereocenters. The highest BCUT2D eigenvalue weighted by molar-refractivity contribution is 5.90. The molecule has 36 heavy (non-hydrogen) atoms. The number of nitrogens with two attached hydrogens (primary N) is 1. The minimum Gasteiger partial charge on any atom is -0.425 e. The van der Waals surface area contributed by atoms with Crippen LogP contribution in [-0.2, 0) is 10.8 Å². The molecular weight excluding hydrogens is 450 g/mol. The molecule has 0 fully saturated rings. The van der Waals surface area contributed by atoms with Crippen LogP contribution in [0.3, 0.4) is 0 Å². The predicted octanol–water partition coefficient (Wildman–Crippen LogP) is 5.23. The molecule has 2 aromatic carbocycles. The number of primary amides is 1. The van der Waals surface area contributed by atoms with Gasteiger partial charge in [0.15, 0.2) is 5.69 Å². The van der Waals surface area contributed by atoms with E-state index >= 15 is 0 Å². The second-order valence-electron chi connectivity index (χ2n) is 9.78. The Morgan fingerprint density at radius 3 is 2.33 bits per heavy atom. The van der Waals surface area contributed by atoms with Crippen LogP contribution >= 0.6 is 0 Å². The molecule has 182 valence electrons. The van der Waals surface area contributed by atoms with E-state index < -0.39 is 16.7 Å². The lowest BCUT2D eigenvalue weighted by molar-refractivity contribution is 0.0995. The van der Waals surface area contributed by atoms with Crippen LogP contribution in [0.5, 0.6) is 0 Å². The summed E-state index contributed by atoms with van der Waals surface area (Å²) in [5.74, 6) is 0.599. The third-order valence-electron chi connectivity index (χ3n) is 7.29. The van der Waals surface area contributed by atoms with Gasteiger partial charge >= 0.3 is 0 Å². The number of hydrogen-bond donors (Lipinski definition) is 1. The maximum Gasteiger partial charge on any atom is 0.269 e. The van der Waals surface area contributed by atoms with Crippen molar-refractivity contribution in [3.05, 3.63) is 113 Å². The third-order valence-corrected chi connectivity index (χ3v) is 7.29. The Morgan fingerprint density at radius 2 is 1.78 bits per heavy atom. The molecule has 0 bridgehead atoms. The van der Waals surface area contributed by atoms with Gasteiger partial charge in [0.1, 0.15) is 0 Å². The second kappa shape index (κ2) is 8.75. The minimum absolute atomic E-state index is 0.246. The Labute approximate surface area is 210 Å². The summed E-state index contributed by atoms with van der Waals surface area (Å²) in [5, 5.41) is 13.0. The van der Waals surface area contributed by atoms with Crippen molar-refractivity contribution < 1.29 is 9.21 Å². The summed E-state index contributed by atoms with van der Waals surface area (Å²) in [6.07, 6.45) is 7.34. The molecule has 0 radical (unpaired) electrons. The highest BCUT2D eigenvalue weighted by Crippen LogP contribution is 2.50. The quantitative estimate of drug-likeness (QED) is 0.408. The van der Waals surface area contributed by atoms with Gasteiger partial charge in [-0.25, -0.2) is 4.68 Å². The van der Waals surface area contributed by atoms with Crippen molar-refractivity contribution in [2.45, 2.75) is 44.9 Å². The number of aromatic nitrogens is 4. The minimum atomic E-state index is -0.543. The number of amides is 1. The molecule has 0 saturated carbocycles. The Balaban J connectivity index is 1.53. The molecule has 2 heterocycles. The number of nitrogens with zero attached hydrogens (tertiary/aromatic N) is 4. The zero-order valence-electron chi connectivity index (χ0n) is 20.9. The van der Waals surface area contributed by atoms with E-state index in [9.17, 15) is 4.79 Å². The molecule has 1 atom stereocenters. The van der Waals surface area contributed by atoms with Gasteiger partial charge in [-0.05, 0) is 48.2 Å². The van der Waals surface area contributed by atoms with Gasteiger partial charge < -0.3 is 10.2 Å². The van der Waals surface area contributed by atoms with Gasteiger partial charge in [-0.3, -0.25) is 4.79 Å². The van der Waals surface area contributed by atoms with Crippen molar-refractivity contribution in [3.63, 3.8) is 0 Å². The normalized spacial score (nSPS) is 17.7. The van der Waals surface area contributed by atoms with Crippen LogP contribution in [0, 0.1) is 13.8 Å². The summed E-state index contributed by atoms with van der Waals surface area (Å²) < 4.78 is 7.77. The van der Waals surface area contributed by atoms with E-state index in [4.69, 9.17) is 10.2 Å². The fourth-order valence-electron chi connectivity index (χ4n) is 4.98. The lowest BCUT2D eigenvalue weighted by Crippen LogP contribution is -2.44. The van der Waals surface area contributed by atoms with Crippen LogP contribution in [-0.4, -0.2) is 25.9 Å². The topological polar surface area (TPSA) is 99.8 Å². The number of hydrogen-bond acceptors (Lipinski definition) is 5. The van der Waals surface area contributed by atoms with Crippen molar-refractivity contribution in [2.75, 3.05) is 0 Å². The maximum atomic E-state index is 11.6. The van der Waals surface area contributed by atoms with Crippen LogP contribution in [0.15, 0.2) is 83.3 Å². The Kier molecular flexibility index (Phi) is 5.71. The van der Waals surface area contributed by atoms with Crippen molar-refractivity contribution in [1.82, 2.24) is 20.0 Å². The van der Waals surface area contributed by atoms with Crippen molar-refractivity contribution in [3.8, 4) is 5.69 Å². The maximum absolute atomic E-state index is 11.6. The fraction of sp³-hybridized carbons (Fsp3) is 0.241. The van der Waals surface area contributed by atoms with Gasteiger partial charge in [0, 0.05) is 18.0 Å². The monoisotopic (exact) mass is 479 g/mol. The van der Waals surface area contributed by atoms with Crippen LogP contribution in [0.1, 0.15) is 59.4 Å². The summed E-state index contributed by atoms with van der Waals surface area (Å²) in [6, 6.07) is 20.2. The second-order valence-corrected chi connectivity index (χ2v) is 9.78. The zero-order chi connectivity index (χ0) is 25.5. The molecule has 0 saturated heterocycles. The van der Waals surface area contributed by atoms with Crippen LogP contribution < -0.4 is 5.73 Å². The summed E-state index contributed by atoms with van der Waals surface area (Å²) in [4.78, 5) is 11.6. The molecule has 0 spiro atoms. The van der Waals surface area contributed by atoms with Crippen molar-refractivity contribution in [2.24, 2.45) is 5.73 Å². The van der Waals surface area contributed by atoms with Crippen molar-refractivity contribution in [1.29, 1.82) is 0 Å². The van der Waals surface area contributed by atoms with Gasteiger partial charge in [0.2, 0.25) is 11.8 Å². The first-order valence-corrected chi connectivity index (χ1v) is 11.9.